The molecule has 0 amide bonds. The Hall–Kier alpha value is -0.890. The van der Waals surface area contributed by atoms with Crippen LogP contribution in [-0.2, 0) is 12.1 Å². The number of halogens is 1. The number of alkyl halides is 1. The molecule has 1 aromatic carbocycles. The first-order valence-electron chi connectivity index (χ1n) is 4.74. The van der Waals surface area contributed by atoms with Gasteiger partial charge < -0.3 is 5.73 Å². The van der Waals surface area contributed by atoms with E-state index in [1.807, 2.05) is 24.3 Å². The summed E-state index contributed by atoms with van der Waals surface area (Å²) in [5.74, 6) is 0. The van der Waals surface area contributed by atoms with E-state index < -0.39 is 5.67 Å². The number of rotatable bonds is 3. The van der Waals surface area contributed by atoms with E-state index in [2.05, 4.69) is 0 Å². The highest BCUT2D eigenvalue weighted by molar-refractivity contribution is 5.36. The molecule has 2 N–H and O–H groups in total. The third-order valence-electron chi connectivity index (χ3n) is 2.60. The van der Waals surface area contributed by atoms with Crippen LogP contribution in [-0.4, -0.2) is 6.54 Å². The topological polar surface area (TPSA) is 26.0 Å². The maximum atomic E-state index is 13.8. The van der Waals surface area contributed by atoms with E-state index >= 15 is 0 Å². The molecule has 1 aliphatic carbocycles. The summed E-state index contributed by atoms with van der Waals surface area (Å²) in [6.45, 7) is 0.590. The molecule has 0 spiro atoms. The van der Waals surface area contributed by atoms with Crippen molar-refractivity contribution in [2.45, 2.75) is 24.9 Å². The normalized spacial score (nSPS) is 18.6. The molecule has 0 saturated heterocycles. The second-order valence-electron chi connectivity index (χ2n) is 3.66. The second kappa shape index (κ2) is 3.11. The van der Waals surface area contributed by atoms with Gasteiger partial charge in [-0.3, -0.25) is 0 Å². The van der Waals surface area contributed by atoms with Crippen LogP contribution in [0.25, 0.3) is 0 Å². The van der Waals surface area contributed by atoms with Crippen LogP contribution in [0, 0.1) is 0 Å². The van der Waals surface area contributed by atoms with Gasteiger partial charge in [0.1, 0.15) is 5.67 Å². The van der Waals surface area contributed by atoms with E-state index in [9.17, 15) is 4.39 Å². The highest BCUT2D eigenvalue weighted by Gasteiger charge is 2.45. The molecule has 0 aromatic heterocycles. The maximum Gasteiger partial charge on any atom is 0.136 e. The molecule has 1 nitrogen and oxygen atoms in total. The molecule has 0 atom stereocenters. The van der Waals surface area contributed by atoms with Gasteiger partial charge in [-0.25, -0.2) is 4.39 Å². The maximum absolute atomic E-state index is 13.8. The van der Waals surface area contributed by atoms with Crippen LogP contribution in [0.1, 0.15) is 24.0 Å². The van der Waals surface area contributed by atoms with Crippen molar-refractivity contribution in [3.63, 3.8) is 0 Å². The smallest absolute Gasteiger partial charge is 0.136 e. The van der Waals surface area contributed by atoms with Crippen LogP contribution < -0.4 is 5.73 Å². The van der Waals surface area contributed by atoms with Crippen molar-refractivity contribution in [2.24, 2.45) is 5.73 Å². The first-order valence-corrected chi connectivity index (χ1v) is 4.74. The molecule has 0 radical (unpaired) electrons. The molecule has 13 heavy (non-hydrogen) atoms. The molecular formula is C11H14FN. The molecule has 2 heteroatoms. The monoisotopic (exact) mass is 179 g/mol. The molecule has 2 rings (SSSR count). The van der Waals surface area contributed by atoms with Crippen molar-refractivity contribution in [3.05, 3.63) is 35.4 Å². The fraction of sp³-hybridized carbons (Fsp3) is 0.455. The van der Waals surface area contributed by atoms with Gasteiger partial charge >= 0.3 is 0 Å². The van der Waals surface area contributed by atoms with Gasteiger partial charge in [0, 0.05) is 0 Å². The average molecular weight is 179 g/mol. The van der Waals surface area contributed by atoms with Gasteiger partial charge in [-0.2, -0.15) is 0 Å². The van der Waals surface area contributed by atoms with Gasteiger partial charge in [-0.1, -0.05) is 24.3 Å². The lowest BCUT2D eigenvalue weighted by molar-refractivity contribution is 0.315. The predicted molar refractivity (Wildman–Crippen MR) is 51.2 cm³/mol. The van der Waals surface area contributed by atoms with Gasteiger partial charge in [0.25, 0.3) is 0 Å². The molecule has 1 aliphatic rings. The number of hydrogen-bond acceptors (Lipinski definition) is 1. The summed E-state index contributed by atoms with van der Waals surface area (Å²) >= 11 is 0. The van der Waals surface area contributed by atoms with E-state index in [0.717, 1.165) is 17.5 Å². The van der Waals surface area contributed by atoms with Gasteiger partial charge in [0.2, 0.25) is 0 Å². The van der Waals surface area contributed by atoms with Crippen molar-refractivity contribution in [1.29, 1.82) is 0 Å². The molecule has 0 bridgehead atoms. The minimum Gasteiger partial charge on any atom is -0.330 e. The lowest BCUT2D eigenvalue weighted by Crippen LogP contribution is -2.08. The highest BCUT2D eigenvalue weighted by atomic mass is 19.1. The zero-order valence-corrected chi connectivity index (χ0v) is 7.59. The molecule has 0 unspecified atom stereocenters. The first kappa shape index (κ1) is 8.70. The van der Waals surface area contributed by atoms with Crippen LogP contribution in [0.5, 0.6) is 0 Å². The average Bonchev–Trinajstić information content (AvgIpc) is 2.86. The zero-order valence-electron chi connectivity index (χ0n) is 7.59. The number of hydrogen-bond donors (Lipinski definition) is 1. The Kier molecular flexibility index (Phi) is 2.08. The quantitative estimate of drug-likeness (QED) is 0.756. The molecule has 1 saturated carbocycles. The molecular weight excluding hydrogens is 165 g/mol. The van der Waals surface area contributed by atoms with E-state index in [0.29, 0.717) is 19.4 Å². The van der Waals surface area contributed by atoms with E-state index in [1.165, 1.54) is 0 Å². The summed E-state index contributed by atoms with van der Waals surface area (Å²) in [6.07, 6.45) is 2.13. The lowest BCUT2D eigenvalue weighted by atomic mass is 9.99. The summed E-state index contributed by atoms with van der Waals surface area (Å²) in [5.41, 5.74) is 6.38. The molecule has 0 aliphatic heterocycles. The van der Waals surface area contributed by atoms with Crippen LogP contribution in [0.3, 0.4) is 0 Å². The molecule has 70 valence electrons. The molecule has 1 fully saturated rings. The predicted octanol–water partition coefficient (Wildman–Crippen LogP) is 2.15. The van der Waals surface area contributed by atoms with Gasteiger partial charge in [-0.05, 0) is 36.9 Å². The first-order chi connectivity index (χ1) is 6.26. The second-order valence-corrected chi connectivity index (χ2v) is 3.66. The van der Waals surface area contributed by atoms with Crippen LogP contribution in [0.2, 0.25) is 0 Å². The fourth-order valence-corrected chi connectivity index (χ4v) is 1.71. The van der Waals surface area contributed by atoms with E-state index in [4.69, 9.17) is 5.73 Å². The van der Waals surface area contributed by atoms with Crippen LogP contribution >= 0.6 is 0 Å². The zero-order chi connectivity index (χ0) is 9.31. The van der Waals surface area contributed by atoms with E-state index in [-0.39, 0.29) is 0 Å². The third-order valence-corrected chi connectivity index (χ3v) is 2.60. The van der Waals surface area contributed by atoms with Gasteiger partial charge in [-0.15, -0.1) is 0 Å². The lowest BCUT2D eigenvalue weighted by Gasteiger charge is -2.11. The van der Waals surface area contributed by atoms with Crippen LogP contribution in [0.15, 0.2) is 24.3 Å². The van der Waals surface area contributed by atoms with Gasteiger partial charge in [0.15, 0.2) is 0 Å². The Morgan fingerprint density at radius 2 is 2.00 bits per heavy atom. The minimum atomic E-state index is -1.02. The van der Waals surface area contributed by atoms with E-state index in [1.54, 1.807) is 0 Å². The van der Waals surface area contributed by atoms with Crippen molar-refractivity contribution >= 4 is 0 Å². The molecule has 0 heterocycles. The number of benzene rings is 1. The minimum absolute atomic E-state index is 0.590. The Labute approximate surface area is 77.8 Å². The fourth-order valence-electron chi connectivity index (χ4n) is 1.71. The largest absolute Gasteiger partial charge is 0.330 e. The van der Waals surface area contributed by atoms with Gasteiger partial charge in [0.05, 0.1) is 0 Å². The Morgan fingerprint density at radius 3 is 2.62 bits per heavy atom. The summed E-state index contributed by atoms with van der Waals surface area (Å²) in [6, 6.07) is 7.70. The number of nitrogens with two attached hydrogens (primary N) is 1. The SMILES string of the molecule is NCCc1ccccc1C1(F)CC1. The summed E-state index contributed by atoms with van der Waals surface area (Å²) in [4.78, 5) is 0. The Balaban J connectivity index is 2.32. The third kappa shape index (κ3) is 1.59. The summed E-state index contributed by atoms with van der Waals surface area (Å²) < 4.78 is 13.8. The Bertz CT molecular complexity index is 305. The standard InChI is InChI=1S/C11H14FN/c12-11(6-7-11)10-4-2-1-3-9(10)5-8-13/h1-4H,5-8,13H2. The van der Waals surface area contributed by atoms with Crippen molar-refractivity contribution in [2.75, 3.05) is 6.54 Å². The van der Waals surface area contributed by atoms with Crippen molar-refractivity contribution in [3.8, 4) is 0 Å². The van der Waals surface area contributed by atoms with Crippen molar-refractivity contribution in [1.82, 2.24) is 0 Å². The molecule has 1 aromatic rings. The Morgan fingerprint density at radius 1 is 1.31 bits per heavy atom. The van der Waals surface area contributed by atoms with Crippen molar-refractivity contribution < 1.29 is 4.39 Å². The summed E-state index contributed by atoms with van der Waals surface area (Å²) in [7, 11) is 0. The highest BCUT2D eigenvalue weighted by Crippen LogP contribution is 2.50. The summed E-state index contributed by atoms with van der Waals surface area (Å²) in [5, 5.41) is 0. The van der Waals surface area contributed by atoms with Crippen LogP contribution in [0.4, 0.5) is 4.39 Å².